The van der Waals surface area contributed by atoms with Gasteiger partial charge in [-0.05, 0) is 37.8 Å². The summed E-state index contributed by atoms with van der Waals surface area (Å²) in [6.07, 6.45) is 4.85. The molecule has 20 heavy (non-hydrogen) atoms. The molecule has 2 unspecified atom stereocenters. The third kappa shape index (κ3) is 3.16. The molecule has 2 fully saturated rings. The van der Waals surface area contributed by atoms with E-state index in [-0.39, 0.29) is 10.6 Å². The lowest BCUT2D eigenvalue weighted by atomic mass is 10.1. The predicted octanol–water partition coefficient (Wildman–Crippen LogP) is 1.96. The fourth-order valence-electron chi connectivity index (χ4n) is 3.29. The highest BCUT2D eigenvalue weighted by molar-refractivity contribution is 5.32. The monoisotopic (exact) mass is 275 g/mol. The van der Waals surface area contributed by atoms with Gasteiger partial charge in [0.05, 0.1) is 4.92 Å². The van der Waals surface area contributed by atoms with Gasteiger partial charge < -0.3 is 10.2 Å². The zero-order valence-electron chi connectivity index (χ0n) is 11.6. The molecule has 2 aliphatic rings. The number of fused-ring (bicyclic) bond motifs is 2. The first kappa shape index (κ1) is 13.5. The normalized spacial score (nSPS) is 26.4. The minimum atomic E-state index is -0.346. The number of non-ortho nitro benzene ring substituents is 1. The third-order valence-electron chi connectivity index (χ3n) is 4.47. The molecule has 5 heteroatoms. The van der Waals surface area contributed by atoms with E-state index in [9.17, 15) is 10.1 Å². The molecule has 0 radical (unpaired) electrons. The van der Waals surface area contributed by atoms with Crippen LogP contribution < -0.4 is 5.32 Å². The predicted molar refractivity (Wildman–Crippen MR) is 77.8 cm³/mol. The molecule has 2 heterocycles. The van der Waals surface area contributed by atoms with Crippen molar-refractivity contribution in [3.05, 3.63) is 39.9 Å². The summed E-state index contributed by atoms with van der Waals surface area (Å²) in [5, 5.41) is 14.3. The summed E-state index contributed by atoms with van der Waals surface area (Å²) < 4.78 is 0. The number of nitro groups is 1. The first-order valence-electron chi connectivity index (χ1n) is 7.42. The van der Waals surface area contributed by atoms with E-state index in [1.165, 1.54) is 31.4 Å². The molecule has 2 aliphatic heterocycles. The van der Waals surface area contributed by atoms with Crippen molar-refractivity contribution >= 4 is 5.69 Å². The first-order valence-corrected chi connectivity index (χ1v) is 7.42. The number of hydrogen-bond donors (Lipinski definition) is 1. The number of hydrogen-bond acceptors (Lipinski definition) is 4. The fraction of sp³-hybridized carbons (Fsp3) is 0.600. The van der Waals surface area contributed by atoms with E-state index in [2.05, 4.69) is 10.2 Å². The van der Waals surface area contributed by atoms with Crippen molar-refractivity contribution in [1.82, 2.24) is 10.2 Å². The van der Waals surface area contributed by atoms with Crippen LogP contribution in [0.2, 0.25) is 0 Å². The lowest BCUT2D eigenvalue weighted by Crippen LogP contribution is -2.36. The van der Waals surface area contributed by atoms with Crippen molar-refractivity contribution in [2.75, 3.05) is 19.6 Å². The second kappa shape index (κ2) is 5.89. The highest BCUT2D eigenvalue weighted by atomic mass is 16.6. The van der Waals surface area contributed by atoms with Crippen molar-refractivity contribution in [3.8, 4) is 0 Å². The maximum atomic E-state index is 10.6. The van der Waals surface area contributed by atoms with Crippen LogP contribution in [0.15, 0.2) is 24.3 Å². The van der Waals surface area contributed by atoms with Crippen LogP contribution in [0.5, 0.6) is 0 Å². The van der Waals surface area contributed by atoms with E-state index < -0.39 is 0 Å². The van der Waals surface area contributed by atoms with Crippen LogP contribution in [-0.4, -0.2) is 41.5 Å². The molecule has 2 bridgehead atoms. The maximum absolute atomic E-state index is 10.6. The second-order valence-corrected chi connectivity index (χ2v) is 5.90. The van der Waals surface area contributed by atoms with Crippen LogP contribution in [0.25, 0.3) is 0 Å². The SMILES string of the molecule is O=[N+]([O-])c1ccc(CCN2CCC3CCC(C2)N3)cc1. The minimum absolute atomic E-state index is 0.171. The number of rotatable bonds is 4. The Morgan fingerprint density at radius 3 is 2.70 bits per heavy atom. The summed E-state index contributed by atoms with van der Waals surface area (Å²) in [5.74, 6) is 0. The van der Waals surface area contributed by atoms with Crippen LogP contribution in [0.4, 0.5) is 5.69 Å². The van der Waals surface area contributed by atoms with Crippen LogP contribution in [0, 0.1) is 10.1 Å². The fourth-order valence-corrected chi connectivity index (χ4v) is 3.29. The molecule has 2 atom stereocenters. The molecule has 108 valence electrons. The largest absolute Gasteiger partial charge is 0.310 e. The molecule has 0 saturated carbocycles. The molecule has 0 aromatic heterocycles. The van der Waals surface area contributed by atoms with Crippen molar-refractivity contribution < 1.29 is 4.92 Å². The Morgan fingerprint density at radius 2 is 1.95 bits per heavy atom. The molecule has 0 spiro atoms. The summed E-state index contributed by atoms with van der Waals surface area (Å²) in [4.78, 5) is 12.8. The summed E-state index contributed by atoms with van der Waals surface area (Å²) in [6, 6.07) is 8.34. The Morgan fingerprint density at radius 1 is 1.20 bits per heavy atom. The Labute approximate surface area is 119 Å². The van der Waals surface area contributed by atoms with Gasteiger partial charge in [0.25, 0.3) is 5.69 Å². The molecule has 1 aromatic carbocycles. The molecule has 5 nitrogen and oxygen atoms in total. The van der Waals surface area contributed by atoms with Crippen molar-refractivity contribution in [1.29, 1.82) is 0 Å². The Balaban J connectivity index is 1.52. The zero-order valence-corrected chi connectivity index (χ0v) is 11.6. The average Bonchev–Trinajstić information content (AvgIpc) is 2.78. The molecular weight excluding hydrogens is 254 g/mol. The number of nitrogens with zero attached hydrogens (tertiary/aromatic N) is 2. The first-order chi connectivity index (χ1) is 9.70. The molecule has 3 rings (SSSR count). The summed E-state index contributed by atoms with van der Waals surface area (Å²) in [6.45, 7) is 3.35. The standard InChI is InChI=1S/C15H21N3O2/c19-18(20)15-5-1-12(2-6-15)7-9-17-10-8-13-3-4-14(11-17)16-13/h1-2,5-6,13-14,16H,3-4,7-11H2. The third-order valence-corrected chi connectivity index (χ3v) is 4.47. The Kier molecular flexibility index (Phi) is 3.98. The number of likely N-dealkylation sites (tertiary alicyclic amines) is 1. The molecule has 1 aromatic rings. The summed E-state index contributed by atoms with van der Waals surface area (Å²) in [7, 11) is 0. The van der Waals surface area contributed by atoms with Gasteiger partial charge in [-0.2, -0.15) is 0 Å². The average molecular weight is 275 g/mol. The van der Waals surface area contributed by atoms with Gasteiger partial charge in [-0.25, -0.2) is 0 Å². The molecular formula is C15H21N3O2. The van der Waals surface area contributed by atoms with Gasteiger partial charge in [0, 0.05) is 37.3 Å². The molecule has 2 saturated heterocycles. The van der Waals surface area contributed by atoms with Gasteiger partial charge in [-0.3, -0.25) is 10.1 Å². The smallest absolute Gasteiger partial charge is 0.269 e. The Hall–Kier alpha value is -1.46. The topological polar surface area (TPSA) is 58.4 Å². The maximum Gasteiger partial charge on any atom is 0.269 e. The van der Waals surface area contributed by atoms with E-state index in [4.69, 9.17) is 0 Å². The molecule has 1 N–H and O–H groups in total. The van der Waals surface area contributed by atoms with Crippen LogP contribution in [-0.2, 0) is 6.42 Å². The number of nitro benzene ring substituents is 1. The van der Waals surface area contributed by atoms with E-state index in [0.29, 0.717) is 6.04 Å². The highest BCUT2D eigenvalue weighted by Crippen LogP contribution is 2.20. The van der Waals surface area contributed by atoms with Crippen LogP contribution in [0.1, 0.15) is 24.8 Å². The van der Waals surface area contributed by atoms with Gasteiger partial charge >= 0.3 is 0 Å². The summed E-state index contributed by atoms with van der Waals surface area (Å²) >= 11 is 0. The number of nitrogens with one attached hydrogen (secondary N) is 1. The highest BCUT2D eigenvalue weighted by Gasteiger charge is 2.28. The zero-order chi connectivity index (χ0) is 13.9. The van der Waals surface area contributed by atoms with Crippen molar-refractivity contribution in [3.63, 3.8) is 0 Å². The van der Waals surface area contributed by atoms with Gasteiger partial charge in [0.1, 0.15) is 0 Å². The van der Waals surface area contributed by atoms with Gasteiger partial charge in [-0.15, -0.1) is 0 Å². The van der Waals surface area contributed by atoms with Crippen molar-refractivity contribution in [2.45, 2.75) is 37.8 Å². The summed E-state index contributed by atoms with van der Waals surface area (Å²) in [5.41, 5.74) is 1.35. The van der Waals surface area contributed by atoms with Crippen molar-refractivity contribution in [2.24, 2.45) is 0 Å². The lowest BCUT2D eigenvalue weighted by Gasteiger charge is -2.23. The van der Waals surface area contributed by atoms with Crippen LogP contribution >= 0.6 is 0 Å². The molecule has 0 aliphatic carbocycles. The van der Waals surface area contributed by atoms with E-state index in [1.54, 1.807) is 12.1 Å². The lowest BCUT2D eigenvalue weighted by molar-refractivity contribution is -0.384. The quantitative estimate of drug-likeness (QED) is 0.674. The van der Waals surface area contributed by atoms with Gasteiger partial charge in [0.15, 0.2) is 0 Å². The van der Waals surface area contributed by atoms with Gasteiger partial charge in [0.2, 0.25) is 0 Å². The minimum Gasteiger partial charge on any atom is -0.310 e. The number of benzene rings is 1. The molecule has 0 amide bonds. The van der Waals surface area contributed by atoms with E-state index in [0.717, 1.165) is 25.6 Å². The van der Waals surface area contributed by atoms with E-state index in [1.807, 2.05) is 12.1 Å². The second-order valence-electron chi connectivity index (χ2n) is 5.90. The van der Waals surface area contributed by atoms with E-state index >= 15 is 0 Å². The Bertz CT molecular complexity index is 475. The van der Waals surface area contributed by atoms with Crippen LogP contribution in [0.3, 0.4) is 0 Å². The van der Waals surface area contributed by atoms with Gasteiger partial charge in [-0.1, -0.05) is 12.1 Å².